The van der Waals surface area contributed by atoms with Crippen molar-refractivity contribution >= 4 is 33.8 Å². The van der Waals surface area contributed by atoms with Crippen LogP contribution >= 0.6 is 22.6 Å². The van der Waals surface area contributed by atoms with Crippen LogP contribution in [0, 0.1) is 3.83 Å². The van der Waals surface area contributed by atoms with Gasteiger partial charge in [0.1, 0.15) is 5.75 Å². The maximum absolute atomic E-state index is 5.55. The molecule has 0 aliphatic heterocycles. The van der Waals surface area contributed by atoms with E-state index >= 15 is 0 Å². The third kappa shape index (κ3) is 2.99. The first kappa shape index (κ1) is 15.0. The lowest BCUT2D eigenvalue weighted by Gasteiger charge is -2.07. The van der Waals surface area contributed by atoms with Gasteiger partial charge in [-0.05, 0) is 24.6 Å². The Morgan fingerprint density at radius 2 is 1.95 bits per heavy atom. The lowest BCUT2D eigenvalue weighted by Crippen LogP contribution is -2.03. The van der Waals surface area contributed by atoms with Gasteiger partial charge < -0.3 is 14.0 Å². The van der Waals surface area contributed by atoms with Crippen LogP contribution < -0.4 is 9.47 Å². The molecule has 0 amide bonds. The van der Waals surface area contributed by atoms with Crippen molar-refractivity contribution in [2.45, 2.75) is 13.5 Å². The van der Waals surface area contributed by atoms with Gasteiger partial charge in [-0.25, -0.2) is 9.97 Å². The molecule has 3 aromatic rings. The highest BCUT2D eigenvalue weighted by molar-refractivity contribution is 14.1. The summed E-state index contributed by atoms with van der Waals surface area (Å²) >= 11 is 2.09. The molecule has 0 aliphatic carbocycles. The molecule has 22 heavy (non-hydrogen) atoms. The molecule has 0 fully saturated rings. The smallest absolute Gasteiger partial charge is 0.246 e. The summed E-state index contributed by atoms with van der Waals surface area (Å²) in [7, 11) is 1.66. The zero-order valence-electron chi connectivity index (χ0n) is 12.3. The number of methoxy groups -OCH3 is 1. The SMILES string of the molecule is CCOc1nc(I)nc2c1ncn2Cc1ccc(OC)cc1. The van der Waals surface area contributed by atoms with Crippen molar-refractivity contribution in [3.05, 3.63) is 40.0 Å². The molecule has 0 atom stereocenters. The normalized spacial score (nSPS) is 10.9. The predicted molar refractivity (Wildman–Crippen MR) is 91.3 cm³/mol. The van der Waals surface area contributed by atoms with E-state index in [9.17, 15) is 0 Å². The molecule has 0 spiro atoms. The Balaban J connectivity index is 1.96. The van der Waals surface area contributed by atoms with Gasteiger partial charge in [-0.15, -0.1) is 0 Å². The summed E-state index contributed by atoms with van der Waals surface area (Å²) in [5.74, 6) is 1.38. The van der Waals surface area contributed by atoms with E-state index in [1.54, 1.807) is 13.4 Å². The summed E-state index contributed by atoms with van der Waals surface area (Å²) < 4.78 is 13.4. The van der Waals surface area contributed by atoms with E-state index in [0.717, 1.165) is 17.0 Å². The third-order valence-corrected chi connectivity index (χ3v) is 3.68. The predicted octanol–water partition coefficient (Wildman–Crippen LogP) is 2.89. The fourth-order valence-electron chi connectivity index (χ4n) is 2.17. The zero-order chi connectivity index (χ0) is 15.5. The van der Waals surface area contributed by atoms with Gasteiger partial charge in [-0.3, -0.25) is 0 Å². The molecular weight excluding hydrogens is 395 g/mol. The van der Waals surface area contributed by atoms with E-state index in [-0.39, 0.29) is 0 Å². The van der Waals surface area contributed by atoms with Gasteiger partial charge in [0.2, 0.25) is 5.88 Å². The van der Waals surface area contributed by atoms with Gasteiger partial charge in [0.15, 0.2) is 15.0 Å². The molecule has 0 N–H and O–H groups in total. The number of hydrogen-bond donors (Lipinski definition) is 0. The lowest BCUT2D eigenvalue weighted by atomic mass is 10.2. The Morgan fingerprint density at radius 3 is 2.64 bits per heavy atom. The quantitative estimate of drug-likeness (QED) is 0.478. The summed E-state index contributed by atoms with van der Waals surface area (Å²) in [5.41, 5.74) is 2.61. The minimum atomic E-state index is 0.533. The number of halogens is 1. The molecule has 3 rings (SSSR count). The standard InChI is InChI=1S/C15H15IN4O2/c1-3-22-14-12-13(18-15(16)19-14)20(9-17-12)8-10-4-6-11(21-2)7-5-10/h4-7,9H,3,8H2,1-2H3. The van der Waals surface area contributed by atoms with Gasteiger partial charge in [0.05, 0.1) is 26.6 Å². The highest BCUT2D eigenvalue weighted by Crippen LogP contribution is 2.22. The maximum Gasteiger partial charge on any atom is 0.246 e. The highest BCUT2D eigenvalue weighted by atomic mass is 127. The van der Waals surface area contributed by atoms with E-state index in [0.29, 0.717) is 28.4 Å². The van der Waals surface area contributed by atoms with Crippen LogP contribution in [0.2, 0.25) is 0 Å². The number of fused-ring (bicyclic) bond motifs is 1. The van der Waals surface area contributed by atoms with Crippen LogP contribution in [0.25, 0.3) is 11.2 Å². The van der Waals surface area contributed by atoms with E-state index in [1.807, 2.05) is 35.8 Å². The molecule has 0 aliphatic rings. The van der Waals surface area contributed by atoms with Crippen molar-refractivity contribution in [2.75, 3.05) is 13.7 Å². The number of imidazole rings is 1. The van der Waals surface area contributed by atoms with Crippen LogP contribution in [0.5, 0.6) is 11.6 Å². The fraction of sp³-hybridized carbons (Fsp3) is 0.267. The fourth-order valence-corrected chi connectivity index (χ4v) is 2.62. The van der Waals surface area contributed by atoms with Crippen molar-refractivity contribution in [2.24, 2.45) is 0 Å². The van der Waals surface area contributed by atoms with Gasteiger partial charge in [-0.2, -0.15) is 4.98 Å². The lowest BCUT2D eigenvalue weighted by molar-refractivity contribution is 0.329. The van der Waals surface area contributed by atoms with Crippen molar-refractivity contribution in [3.63, 3.8) is 0 Å². The number of nitrogens with zero attached hydrogens (tertiary/aromatic N) is 4. The molecule has 2 aromatic heterocycles. The molecule has 0 bridgehead atoms. The van der Waals surface area contributed by atoms with Crippen molar-refractivity contribution < 1.29 is 9.47 Å². The Bertz CT molecular complexity index is 786. The molecule has 6 nitrogen and oxygen atoms in total. The van der Waals surface area contributed by atoms with Gasteiger partial charge in [-0.1, -0.05) is 12.1 Å². The van der Waals surface area contributed by atoms with E-state index in [2.05, 4.69) is 37.5 Å². The molecule has 7 heteroatoms. The van der Waals surface area contributed by atoms with Gasteiger partial charge in [0.25, 0.3) is 0 Å². The zero-order valence-corrected chi connectivity index (χ0v) is 14.4. The minimum absolute atomic E-state index is 0.533. The first-order valence-electron chi connectivity index (χ1n) is 6.85. The monoisotopic (exact) mass is 410 g/mol. The van der Waals surface area contributed by atoms with E-state index < -0.39 is 0 Å². The van der Waals surface area contributed by atoms with Crippen LogP contribution in [0.3, 0.4) is 0 Å². The van der Waals surface area contributed by atoms with E-state index in [4.69, 9.17) is 9.47 Å². The average molecular weight is 410 g/mol. The minimum Gasteiger partial charge on any atom is -0.497 e. The van der Waals surface area contributed by atoms with Crippen LogP contribution in [-0.2, 0) is 6.54 Å². The van der Waals surface area contributed by atoms with Crippen LogP contribution in [0.1, 0.15) is 12.5 Å². The molecule has 1 aromatic carbocycles. The second kappa shape index (κ2) is 6.47. The Labute approximate surface area is 141 Å². The summed E-state index contributed by atoms with van der Waals surface area (Å²) in [6, 6.07) is 7.94. The second-order valence-electron chi connectivity index (χ2n) is 4.62. The number of benzene rings is 1. The second-order valence-corrected chi connectivity index (χ2v) is 5.59. The van der Waals surface area contributed by atoms with Crippen molar-refractivity contribution in [3.8, 4) is 11.6 Å². The topological polar surface area (TPSA) is 62.1 Å². The molecular formula is C15H15IN4O2. The van der Waals surface area contributed by atoms with Gasteiger partial charge >= 0.3 is 0 Å². The summed E-state index contributed by atoms with van der Waals surface area (Å²) in [4.78, 5) is 13.2. The number of aromatic nitrogens is 4. The number of ether oxygens (including phenoxy) is 2. The number of rotatable bonds is 5. The molecule has 0 radical (unpaired) electrons. The highest BCUT2D eigenvalue weighted by Gasteiger charge is 2.13. The summed E-state index contributed by atoms with van der Waals surface area (Å²) in [6.07, 6.45) is 1.77. The van der Waals surface area contributed by atoms with Crippen molar-refractivity contribution in [1.29, 1.82) is 0 Å². The van der Waals surface area contributed by atoms with Crippen LogP contribution in [0.15, 0.2) is 30.6 Å². The molecule has 114 valence electrons. The van der Waals surface area contributed by atoms with Gasteiger partial charge in [0, 0.05) is 22.6 Å². The maximum atomic E-state index is 5.55. The van der Waals surface area contributed by atoms with E-state index in [1.165, 1.54) is 0 Å². The third-order valence-electron chi connectivity index (χ3n) is 3.20. The molecule has 0 saturated heterocycles. The first-order valence-corrected chi connectivity index (χ1v) is 7.93. The molecule has 2 heterocycles. The summed E-state index contributed by atoms with van der Waals surface area (Å²) in [5, 5.41) is 0. The first-order chi connectivity index (χ1) is 10.7. The Hall–Kier alpha value is -1.90. The average Bonchev–Trinajstić information content (AvgIpc) is 2.91. The number of hydrogen-bond acceptors (Lipinski definition) is 5. The van der Waals surface area contributed by atoms with Crippen molar-refractivity contribution in [1.82, 2.24) is 19.5 Å². The molecule has 0 saturated carbocycles. The molecule has 0 unspecified atom stereocenters. The Kier molecular flexibility index (Phi) is 4.41. The Morgan fingerprint density at radius 1 is 1.18 bits per heavy atom. The van der Waals surface area contributed by atoms with Crippen LogP contribution in [0.4, 0.5) is 0 Å². The van der Waals surface area contributed by atoms with Crippen LogP contribution in [-0.4, -0.2) is 33.2 Å². The largest absolute Gasteiger partial charge is 0.497 e. The summed E-state index contributed by atoms with van der Waals surface area (Å²) in [6.45, 7) is 3.15.